The second kappa shape index (κ2) is 36.8. The van der Waals surface area contributed by atoms with Gasteiger partial charge in [0.05, 0.1) is 22.0 Å². The molecular formula is C11H24B3O7Rh. The summed E-state index contributed by atoms with van der Waals surface area (Å²) in [7, 11) is 4.94. The van der Waals surface area contributed by atoms with Crippen LogP contribution in [0.4, 0.5) is 0 Å². The fourth-order valence-corrected chi connectivity index (χ4v) is 0.354. The van der Waals surface area contributed by atoms with Crippen molar-refractivity contribution in [3.8, 4) is 0 Å². The number of hydrogen-bond acceptors (Lipinski definition) is 7. The van der Waals surface area contributed by atoms with E-state index in [4.69, 9.17) is 29.7 Å². The normalized spacial score (nSPS) is 6.09. The molecule has 0 spiro atoms. The van der Waals surface area contributed by atoms with Crippen LogP contribution in [0.25, 0.3) is 0 Å². The maximum atomic E-state index is 9.44. The Kier molecular flexibility index (Phi) is 62.3. The molecular weight excluding hydrogens is 379 g/mol. The largest absolute Gasteiger partial charge is 3.00 e. The Bertz CT molecular complexity index is 210. The summed E-state index contributed by atoms with van der Waals surface area (Å²) in [5, 5.41) is 26.7. The zero-order chi connectivity index (χ0) is 18.4. The van der Waals surface area contributed by atoms with Crippen molar-refractivity contribution in [2.24, 2.45) is 0 Å². The summed E-state index contributed by atoms with van der Waals surface area (Å²) in [4.78, 5) is 36.1. The molecule has 0 heterocycles. The second-order valence-electron chi connectivity index (χ2n) is 3.74. The standard InChI is InChI=1S/C3H6O.C2H9B3.3C2H4O2.Rh/c1-3(2)4;1-2-4-5-3;3*1-2(3)4;/h1-2H3;4-5H,2-3H2,1H3;3*1H3,(H,3,4);/q;;;;;+3/p-3. The average Bonchev–Trinajstić information content (AvgIpc) is 2.14. The van der Waals surface area contributed by atoms with Crippen LogP contribution in [0.1, 0.15) is 41.5 Å². The van der Waals surface area contributed by atoms with Gasteiger partial charge < -0.3 is 34.5 Å². The molecule has 0 rings (SSSR count). The van der Waals surface area contributed by atoms with E-state index in [-0.39, 0.29) is 25.3 Å². The van der Waals surface area contributed by atoms with Gasteiger partial charge >= 0.3 is 19.5 Å². The Balaban J connectivity index is -0.0000000361. The minimum absolute atomic E-state index is 0. The number of carbonyl (C=O) groups excluding carboxylic acids is 4. The van der Waals surface area contributed by atoms with Crippen molar-refractivity contribution in [3.63, 3.8) is 0 Å². The number of carbonyl (C=O) groups is 4. The van der Waals surface area contributed by atoms with Crippen LogP contribution < -0.4 is 15.3 Å². The van der Waals surface area contributed by atoms with E-state index in [1.54, 1.807) is 0 Å². The minimum Gasteiger partial charge on any atom is -0.550 e. The van der Waals surface area contributed by atoms with Crippen LogP contribution in [0.5, 0.6) is 0 Å². The van der Waals surface area contributed by atoms with Crippen molar-refractivity contribution < 1.29 is 54.0 Å². The van der Waals surface area contributed by atoms with Crippen molar-refractivity contribution >= 4 is 45.7 Å². The summed E-state index contributed by atoms with van der Waals surface area (Å²) in [5.41, 5.74) is 0. The van der Waals surface area contributed by atoms with Crippen molar-refractivity contribution in [2.75, 3.05) is 0 Å². The molecule has 0 aliphatic rings. The average molecular weight is 404 g/mol. The van der Waals surface area contributed by atoms with Crippen molar-refractivity contribution in [2.45, 2.75) is 47.9 Å². The van der Waals surface area contributed by atoms with Crippen molar-refractivity contribution in [3.05, 3.63) is 0 Å². The van der Waals surface area contributed by atoms with E-state index in [1.807, 2.05) is 0 Å². The molecule has 0 aliphatic heterocycles. The SMILES string of the molecule is BBBCC.CC(=O)[O-].CC(=O)[O-].CC(=O)[O-].CC(C)=O.[Rh+3]. The molecule has 0 aromatic heterocycles. The molecule has 0 fully saturated rings. The first-order valence-electron chi connectivity index (χ1n) is 6.34. The monoisotopic (exact) mass is 404 g/mol. The molecule has 0 amide bonds. The van der Waals surface area contributed by atoms with Gasteiger partial charge in [-0.3, -0.25) is 0 Å². The summed E-state index contributed by atoms with van der Waals surface area (Å²) in [6, 6.07) is 0. The zero-order valence-electron chi connectivity index (χ0n) is 14.3. The third-order valence-electron chi connectivity index (χ3n) is 0.707. The summed E-state index contributed by atoms with van der Waals surface area (Å²) in [5.74, 6) is -3.08. The van der Waals surface area contributed by atoms with Gasteiger partial charge in [-0.25, -0.2) is 0 Å². The van der Waals surface area contributed by atoms with Crippen LogP contribution in [-0.4, -0.2) is 45.7 Å². The number of rotatable bonds is 2. The van der Waals surface area contributed by atoms with Crippen LogP contribution in [0.15, 0.2) is 0 Å². The Morgan fingerprint density at radius 1 is 0.818 bits per heavy atom. The molecule has 0 atom stereocenters. The quantitative estimate of drug-likeness (QED) is 0.425. The van der Waals surface area contributed by atoms with Crippen LogP contribution in [0, 0.1) is 0 Å². The van der Waals surface area contributed by atoms with E-state index in [0.717, 1.165) is 20.8 Å². The van der Waals surface area contributed by atoms with Crippen molar-refractivity contribution in [1.29, 1.82) is 0 Å². The zero-order valence-corrected chi connectivity index (χ0v) is 16.0. The predicted octanol–water partition coefficient (Wildman–Crippen LogP) is -4.38. The fraction of sp³-hybridized carbons (Fsp3) is 0.636. The first-order chi connectivity index (χ1) is 9.34. The van der Waals surface area contributed by atoms with Gasteiger partial charge in [0.2, 0.25) is 0 Å². The molecule has 0 saturated carbocycles. The maximum absolute atomic E-state index is 9.44. The van der Waals surface area contributed by atoms with Gasteiger partial charge in [-0.2, -0.15) is 0 Å². The van der Waals surface area contributed by atoms with E-state index < -0.39 is 17.9 Å². The van der Waals surface area contributed by atoms with Gasteiger partial charge in [0.1, 0.15) is 5.78 Å². The molecule has 0 radical (unpaired) electrons. The predicted molar refractivity (Wildman–Crippen MR) is 81.7 cm³/mol. The molecule has 0 bridgehead atoms. The van der Waals surface area contributed by atoms with Gasteiger partial charge in [-0.1, -0.05) is 13.2 Å². The number of aliphatic carboxylic acids is 3. The first kappa shape index (κ1) is 37.3. The maximum Gasteiger partial charge on any atom is 3.00 e. The van der Waals surface area contributed by atoms with Crippen LogP contribution in [0.3, 0.4) is 0 Å². The second-order valence-corrected chi connectivity index (χ2v) is 3.74. The van der Waals surface area contributed by atoms with E-state index in [9.17, 15) is 4.79 Å². The molecule has 0 aromatic carbocycles. The van der Waals surface area contributed by atoms with Gasteiger partial charge in [0, 0.05) is 17.9 Å². The van der Waals surface area contributed by atoms with E-state index >= 15 is 0 Å². The third-order valence-corrected chi connectivity index (χ3v) is 0.707. The Hall–Kier alpha value is -1.10. The summed E-state index contributed by atoms with van der Waals surface area (Å²) in [6.45, 7) is 8.18. The van der Waals surface area contributed by atoms with Gasteiger partial charge in [-0.05, 0) is 34.6 Å². The van der Waals surface area contributed by atoms with Crippen LogP contribution in [0.2, 0.25) is 6.32 Å². The van der Waals surface area contributed by atoms with E-state index in [1.165, 1.54) is 34.4 Å². The van der Waals surface area contributed by atoms with Crippen LogP contribution in [-0.2, 0) is 38.7 Å². The Morgan fingerprint density at radius 3 is 0.955 bits per heavy atom. The number of carboxylic acids is 3. The van der Waals surface area contributed by atoms with Crippen molar-refractivity contribution in [1.82, 2.24) is 0 Å². The Labute approximate surface area is 147 Å². The minimum atomic E-state index is -1.08. The summed E-state index contributed by atoms with van der Waals surface area (Å²) < 4.78 is 0. The molecule has 11 heteroatoms. The van der Waals surface area contributed by atoms with E-state index in [2.05, 4.69) is 14.7 Å². The molecule has 0 aromatic rings. The molecule has 22 heavy (non-hydrogen) atoms. The van der Waals surface area contributed by atoms with Gasteiger partial charge in [-0.15, -0.1) is 0 Å². The van der Waals surface area contributed by atoms with Crippen LogP contribution >= 0.6 is 0 Å². The first-order valence-corrected chi connectivity index (χ1v) is 6.34. The topological polar surface area (TPSA) is 137 Å². The third kappa shape index (κ3) is 7500. The number of ketones is 1. The summed E-state index contributed by atoms with van der Waals surface area (Å²) >= 11 is 0. The fourth-order valence-electron chi connectivity index (χ4n) is 0.354. The number of hydrogen-bond donors (Lipinski definition) is 0. The molecule has 7 nitrogen and oxygen atoms in total. The summed E-state index contributed by atoms with van der Waals surface area (Å²) in [6.07, 6.45) is 1.34. The molecule has 0 saturated heterocycles. The number of carboxylic acid groups (broad SMARTS) is 3. The van der Waals surface area contributed by atoms with E-state index in [0.29, 0.717) is 0 Å². The molecule has 128 valence electrons. The number of Topliss-reactive ketones (excluding diaryl/α,β-unsaturated/α-hetero) is 1. The molecule has 0 N–H and O–H groups in total. The smallest absolute Gasteiger partial charge is 0.550 e. The van der Waals surface area contributed by atoms with Gasteiger partial charge in [0.25, 0.3) is 0 Å². The van der Waals surface area contributed by atoms with Gasteiger partial charge in [0.15, 0.2) is 0 Å². The Morgan fingerprint density at radius 2 is 0.955 bits per heavy atom. The molecule has 0 unspecified atom stereocenters. The molecule has 0 aliphatic carbocycles.